The second kappa shape index (κ2) is 4.82. The number of nitrogens with one attached hydrogen (secondary N) is 2. The molecule has 1 aromatic heterocycles. The fourth-order valence-electron chi connectivity index (χ4n) is 1.47. The van der Waals surface area contributed by atoms with Gasteiger partial charge in [-0.15, -0.1) is 0 Å². The molecule has 0 bridgehead atoms. The molecule has 1 aromatic carbocycles. The molecule has 0 aliphatic rings. The van der Waals surface area contributed by atoms with Gasteiger partial charge in [0.25, 0.3) is 5.91 Å². The number of benzene rings is 1. The molecule has 0 fully saturated rings. The Labute approximate surface area is 100 Å². The summed E-state index contributed by atoms with van der Waals surface area (Å²) < 4.78 is 0. The second-order valence-corrected chi connectivity index (χ2v) is 4.18. The molecule has 1 amide bonds. The van der Waals surface area contributed by atoms with Gasteiger partial charge in [0.1, 0.15) is 0 Å². The number of anilines is 1. The number of carbonyl (C=O) groups excluding carboxylic acids is 1. The van der Waals surface area contributed by atoms with Gasteiger partial charge in [0.2, 0.25) is 0 Å². The van der Waals surface area contributed by atoms with Crippen LogP contribution in [0.15, 0.2) is 36.4 Å². The molecule has 0 aliphatic heterocycles. The molecule has 0 atom stereocenters. The summed E-state index contributed by atoms with van der Waals surface area (Å²) in [5, 5.41) is 9.70. The van der Waals surface area contributed by atoms with E-state index >= 15 is 0 Å². The van der Waals surface area contributed by atoms with E-state index in [4.69, 9.17) is 0 Å². The Balaban J connectivity index is 2.08. The van der Waals surface area contributed by atoms with E-state index < -0.39 is 0 Å². The molecule has 2 rings (SSSR count). The van der Waals surface area contributed by atoms with E-state index in [-0.39, 0.29) is 5.91 Å². The van der Waals surface area contributed by atoms with Crippen LogP contribution >= 0.6 is 0 Å². The predicted molar refractivity (Wildman–Crippen MR) is 67.1 cm³/mol. The molecule has 0 spiro atoms. The highest BCUT2D eigenvalue weighted by molar-refractivity contribution is 6.03. The third kappa shape index (κ3) is 2.72. The number of nitrogens with zero attached hydrogens (tertiary/aromatic N) is 1. The lowest BCUT2D eigenvalue weighted by Gasteiger charge is -2.00. The van der Waals surface area contributed by atoms with E-state index in [1.165, 1.54) is 0 Å². The van der Waals surface area contributed by atoms with Gasteiger partial charge >= 0.3 is 0 Å². The van der Waals surface area contributed by atoms with Gasteiger partial charge in [-0.25, -0.2) is 0 Å². The lowest BCUT2D eigenvalue weighted by Crippen LogP contribution is -2.11. The van der Waals surface area contributed by atoms with Crippen molar-refractivity contribution < 1.29 is 4.79 Å². The fourth-order valence-corrected chi connectivity index (χ4v) is 1.47. The van der Waals surface area contributed by atoms with Crippen molar-refractivity contribution in [1.82, 2.24) is 10.2 Å². The molecule has 0 radical (unpaired) electrons. The molecular formula is C13H15N3O. The van der Waals surface area contributed by atoms with Gasteiger partial charge in [-0.3, -0.25) is 9.89 Å². The van der Waals surface area contributed by atoms with Crippen LogP contribution in [0.4, 0.5) is 5.82 Å². The normalized spacial score (nSPS) is 10.5. The van der Waals surface area contributed by atoms with E-state index in [1.54, 1.807) is 12.1 Å². The van der Waals surface area contributed by atoms with Crippen LogP contribution in [0.3, 0.4) is 0 Å². The van der Waals surface area contributed by atoms with Crippen molar-refractivity contribution in [3.8, 4) is 0 Å². The minimum absolute atomic E-state index is 0.146. The minimum Gasteiger partial charge on any atom is -0.305 e. The van der Waals surface area contributed by atoms with E-state index in [0.717, 1.165) is 5.69 Å². The predicted octanol–water partition coefficient (Wildman–Crippen LogP) is 2.79. The van der Waals surface area contributed by atoms with Crippen molar-refractivity contribution in [2.24, 2.45) is 0 Å². The van der Waals surface area contributed by atoms with Crippen LogP contribution in [0.25, 0.3) is 0 Å². The van der Waals surface area contributed by atoms with Crippen LogP contribution in [0.5, 0.6) is 0 Å². The topological polar surface area (TPSA) is 57.8 Å². The van der Waals surface area contributed by atoms with Crippen LogP contribution in [0.1, 0.15) is 35.8 Å². The number of hydrogen-bond donors (Lipinski definition) is 2. The minimum atomic E-state index is -0.146. The Hall–Kier alpha value is -2.10. The summed E-state index contributed by atoms with van der Waals surface area (Å²) in [6.07, 6.45) is 0. The van der Waals surface area contributed by atoms with Crippen molar-refractivity contribution in [1.29, 1.82) is 0 Å². The molecule has 0 aliphatic carbocycles. The number of aromatic amines is 1. The van der Waals surface area contributed by atoms with Crippen molar-refractivity contribution in [3.05, 3.63) is 47.7 Å². The van der Waals surface area contributed by atoms with Gasteiger partial charge in [-0.2, -0.15) is 5.10 Å². The summed E-state index contributed by atoms with van der Waals surface area (Å²) in [5.74, 6) is 0.778. The van der Waals surface area contributed by atoms with E-state index in [9.17, 15) is 4.79 Å². The number of hydrogen-bond acceptors (Lipinski definition) is 2. The first-order valence-corrected chi connectivity index (χ1v) is 5.58. The first kappa shape index (κ1) is 11.4. The molecule has 88 valence electrons. The molecule has 1 heterocycles. The highest BCUT2D eigenvalue weighted by Gasteiger charge is 2.09. The van der Waals surface area contributed by atoms with E-state index in [1.807, 2.05) is 24.3 Å². The lowest BCUT2D eigenvalue weighted by molar-refractivity contribution is 0.102. The SMILES string of the molecule is CC(C)c1cc(NC(=O)c2ccccc2)n[nH]1. The highest BCUT2D eigenvalue weighted by atomic mass is 16.1. The van der Waals surface area contributed by atoms with Gasteiger partial charge < -0.3 is 5.32 Å². The van der Waals surface area contributed by atoms with E-state index in [0.29, 0.717) is 17.3 Å². The first-order valence-electron chi connectivity index (χ1n) is 5.58. The Morgan fingerprint density at radius 2 is 2.00 bits per heavy atom. The maximum atomic E-state index is 11.8. The molecule has 2 aromatic rings. The molecule has 2 N–H and O–H groups in total. The van der Waals surface area contributed by atoms with Crippen molar-refractivity contribution in [3.63, 3.8) is 0 Å². The van der Waals surface area contributed by atoms with Crippen LogP contribution < -0.4 is 5.32 Å². The summed E-state index contributed by atoms with van der Waals surface area (Å²) in [4.78, 5) is 11.8. The van der Waals surface area contributed by atoms with Crippen molar-refractivity contribution in [2.75, 3.05) is 5.32 Å². The maximum Gasteiger partial charge on any atom is 0.256 e. The Kier molecular flexibility index (Phi) is 3.23. The summed E-state index contributed by atoms with van der Waals surface area (Å²) in [7, 11) is 0. The molecule has 0 saturated heterocycles. The van der Waals surface area contributed by atoms with Crippen molar-refractivity contribution >= 4 is 11.7 Å². The molecule has 0 unspecified atom stereocenters. The fraction of sp³-hybridized carbons (Fsp3) is 0.231. The Morgan fingerprint density at radius 3 is 2.59 bits per heavy atom. The van der Waals surface area contributed by atoms with Crippen LogP contribution in [0, 0.1) is 0 Å². The number of H-pyrrole nitrogens is 1. The zero-order valence-electron chi connectivity index (χ0n) is 9.90. The van der Waals surface area contributed by atoms with Gasteiger partial charge in [-0.1, -0.05) is 32.0 Å². The van der Waals surface area contributed by atoms with Gasteiger partial charge in [-0.05, 0) is 18.1 Å². The average Bonchev–Trinajstić information content (AvgIpc) is 2.79. The first-order chi connectivity index (χ1) is 8.16. The summed E-state index contributed by atoms with van der Waals surface area (Å²) >= 11 is 0. The standard InChI is InChI=1S/C13H15N3O/c1-9(2)11-8-12(16-15-11)14-13(17)10-6-4-3-5-7-10/h3-9H,1-2H3,(H2,14,15,16,17). The van der Waals surface area contributed by atoms with Gasteiger partial charge in [0, 0.05) is 17.3 Å². The molecule has 0 saturated carbocycles. The van der Waals surface area contributed by atoms with Crippen molar-refractivity contribution in [2.45, 2.75) is 19.8 Å². The number of carbonyl (C=O) groups is 1. The summed E-state index contributed by atoms with van der Waals surface area (Å²) in [6.45, 7) is 4.13. The third-order valence-electron chi connectivity index (χ3n) is 2.50. The molecular weight excluding hydrogens is 214 g/mol. The highest BCUT2D eigenvalue weighted by Crippen LogP contribution is 2.15. The largest absolute Gasteiger partial charge is 0.305 e. The molecule has 4 heteroatoms. The van der Waals surface area contributed by atoms with Crippen LogP contribution in [-0.2, 0) is 0 Å². The lowest BCUT2D eigenvalue weighted by atomic mass is 10.1. The monoisotopic (exact) mass is 229 g/mol. The number of aromatic nitrogens is 2. The third-order valence-corrected chi connectivity index (χ3v) is 2.50. The molecule has 17 heavy (non-hydrogen) atoms. The quantitative estimate of drug-likeness (QED) is 0.850. The molecule has 4 nitrogen and oxygen atoms in total. The maximum absolute atomic E-state index is 11.8. The van der Waals surface area contributed by atoms with Crippen LogP contribution in [-0.4, -0.2) is 16.1 Å². The zero-order valence-corrected chi connectivity index (χ0v) is 9.90. The van der Waals surface area contributed by atoms with Gasteiger partial charge in [0.05, 0.1) is 0 Å². The smallest absolute Gasteiger partial charge is 0.256 e. The number of rotatable bonds is 3. The average molecular weight is 229 g/mol. The second-order valence-electron chi connectivity index (χ2n) is 4.18. The zero-order chi connectivity index (χ0) is 12.3. The summed E-state index contributed by atoms with van der Waals surface area (Å²) in [6, 6.07) is 10.9. The summed E-state index contributed by atoms with van der Waals surface area (Å²) in [5.41, 5.74) is 1.63. The van der Waals surface area contributed by atoms with Gasteiger partial charge in [0.15, 0.2) is 5.82 Å². The Morgan fingerprint density at radius 1 is 1.29 bits per heavy atom. The van der Waals surface area contributed by atoms with E-state index in [2.05, 4.69) is 29.4 Å². The van der Waals surface area contributed by atoms with Crippen LogP contribution in [0.2, 0.25) is 0 Å². The Bertz CT molecular complexity index is 502. The number of amides is 1.